The van der Waals surface area contributed by atoms with Gasteiger partial charge in [0.15, 0.2) is 0 Å². The minimum atomic E-state index is -0.422. The Labute approximate surface area is 181 Å². The van der Waals surface area contributed by atoms with Crippen LogP contribution in [-0.4, -0.2) is 12.5 Å². The fourth-order valence-corrected chi connectivity index (χ4v) is 3.18. The highest BCUT2D eigenvalue weighted by atomic mass is 35.5. The summed E-state index contributed by atoms with van der Waals surface area (Å²) in [5, 5.41) is 16.2. The molecule has 150 valence electrons. The Bertz CT molecular complexity index is 986. The van der Waals surface area contributed by atoms with Gasteiger partial charge in [-0.1, -0.05) is 84.4 Å². The Balaban J connectivity index is 1.66. The molecule has 0 spiro atoms. The van der Waals surface area contributed by atoms with Gasteiger partial charge in [0.1, 0.15) is 11.6 Å². The standard InChI is InChI=1S/C25H22ClN3O/c26-23-13-11-19(12-14-23)15-16-28-18-22(17-27)25(30)29-24(20-7-3-1-4-8-20)21-9-5-2-6-10-21/h1-14,18,24,28H,15-16H2,(H,29,30)/b22-18-. The number of halogens is 1. The number of rotatable bonds is 8. The van der Waals surface area contributed by atoms with Crippen LogP contribution < -0.4 is 10.6 Å². The summed E-state index contributed by atoms with van der Waals surface area (Å²) in [6, 6.07) is 28.6. The zero-order chi connectivity index (χ0) is 21.2. The summed E-state index contributed by atoms with van der Waals surface area (Å²) in [6.07, 6.45) is 2.23. The van der Waals surface area contributed by atoms with Crippen LogP contribution in [-0.2, 0) is 11.2 Å². The molecule has 3 aromatic rings. The quantitative estimate of drug-likeness (QED) is 0.316. The lowest BCUT2D eigenvalue weighted by atomic mass is 9.98. The zero-order valence-corrected chi connectivity index (χ0v) is 17.1. The molecule has 0 heterocycles. The van der Waals surface area contributed by atoms with E-state index in [1.807, 2.05) is 91.0 Å². The Morgan fingerprint density at radius 2 is 1.50 bits per heavy atom. The van der Waals surface area contributed by atoms with E-state index in [4.69, 9.17) is 11.6 Å². The van der Waals surface area contributed by atoms with E-state index < -0.39 is 5.91 Å². The third kappa shape index (κ3) is 5.97. The molecule has 0 saturated heterocycles. The van der Waals surface area contributed by atoms with Crippen molar-refractivity contribution >= 4 is 17.5 Å². The molecule has 5 heteroatoms. The van der Waals surface area contributed by atoms with Crippen LogP contribution in [0.5, 0.6) is 0 Å². The van der Waals surface area contributed by atoms with Gasteiger partial charge in [0.2, 0.25) is 0 Å². The molecule has 0 atom stereocenters. The van der Waals surface area contributed by atoms with Crippen molar-refractivity contribution in [2.45, 2.75) is 12.5 Å². The number of hydrogen-bond donors (Lipinski definition) is 2. The number of hydrogen-bond acceptors (Lipinski definition) is 3. The van der Waals surface area contributed by atoms with Gasteiger partial charge in [-0.05, 0) is 35.2 Å². The van der Waals surface area contributed by atoms with Crippen LogP contribution in [0.1, 0.15) is 22.7 Å². The molecule has 30 heavy (non-hydrogen) atoms. The second-order valence-corrected chi connectivity index (χ2v) is 7.16. The van der Waals surface area contributed by atoms with E-state index in [2.05, 4.69) is 10.6 Å². The third-order valence-corrected chi connectivity index (χ3v) is 4.88. The summed E-state index contributed by atoms with van der Waals surface area (Å²) in [5.74, 6) is -0.422. The largest absolute Gasteiger partial charge is 0.389 e. The summed E-state index contributed by atoms with van der Waals surface area (Å²) in [4.78, 5) is 12.8. The number of nitrogens with one attached hydrogen (secondary N) is 2. The average molecular weight is 416 g/mol. The van der Waals surface area contributed by atoms with Gasteiger partial charge in [0, 0.05) is 17.8 Å². The third-order valence-electron chi connectivity index (χ3n) is 4.62. The van der Waals surface area contributed by atoms with Crippen molar-refractivity contribution in [3.8, 4) is 6.07 Å². The Kier molecular flexibility index (Phi) is 7.65. The molecule has 0 aliphatic carbocycles. The molecule has 3 rings (SSSR count). The monoisotopic (exact) mass is 415 g/mol. The van der Waals surface area contributed by atoms with Gasteiger partial charge in [-0.2, -0.15) is 5.26 Å². The molecule has 0 aromatic heterocycles. The number of nitrogens with zero attached hydrogens (tertiary/aromatic N) is 1. The maximum Gasteiger partial charge on any atom is 0.264 e. The molecule has 0 fully saturated rings. The van der Waals surface area contributed by atoms with Crippen LogP contribution in [0.2, 0.25) is 5.02 Å². The smallest absolute Gasteiger partial charge is 0.264 e. The topological polar surface area (TPSA) is 64.9 Å². The van der Waals surface area contributed by atoms with Crippen molar-refractivity contribution < 1.29 is 4.79 Å². The summed E-state index contributed by atoms with van der Waals surface area (Å²) < 4.78 is 0. The molecule has 0 bridgehead atoms. The Morgan fingerprint density at radius 1 is 0.933 bits per heavy atom. The minimum absolute atomic E-state index is 0.0305. The van der Waals surface area contributed by atoms with E-state index in [9.17, 15) is 10.1 Å². The Hall–Kier alpha value is -3.55. The van der Waals surface area contributed by atoms with Crippen LogP contribution in [0.4, 0.5) is 0 Å². The molecule has 4 nitrogen and oxygen atoms in total. The highest BCUT2D eigenvalue weighted by Gasteiger charge is 2.19. The molecule has 1 amide bonds. The second kappa shape index (κ2) is 10.8. The van der Waals surface area contributed by atoms with Gasteiger partial charge in [-0.3, -0.25) is 4.79 Å². The molecule has 0 unspecified atom stereocenters. The van der Waals surface area contributed by atoms with Gasteiger partial charge in [-0.15, -0.1) is 0 Å². The van der Waals surface area contributed by atoms with Crippen molar-refractivity contribution in [1.82, 2.24) is 10.6 Å². The summed E-state index contributed by atoms with van der Waals surface area (Å²) in [7, 11) is 0. The lowest BCUT2D eigenvalue weighted by molar-refractivity contribution is -0.117. The number of benzene rings is 3. The van der Waals surface area contributed by atoms with Crippen molar-refractivity contribution in [3.05, 3.63) is 118 Å². The number of nitriles is 1. The molecule has 0 aliphatic heterocycles. The predicted octanol–water partition coefficient (Wildman–Crippen LogP) is 4.79. The van der Waals surface area contributed by atoms with Gasteiger partial charge in [0.25, 0.3) is 5.91 Å². The first kappa shape index (κ1) is 21.2. The average Bonchev–Trinajstić information content (AvgIpc) is 2.79. The minimum Gasteiger partial charge on any atom is -0.389 e. The van der Waals surface area contributed by atoms with Crippen molar-refractivity contribution in [1.29, 1.82) is 5.26 Å². The van der Waals surface area contributed by atoms with Crippen LogP contribution in [0.15, 0.2) is 96.7 Å². The first-order valence-electron chi connectivity index (χ1n) is 9.66. The highest BCUT2D eigenvalue weighted by Crippen LogP contribution is 2.22. The maximum absolute atomic E-state index is 12.8. The number of carbonyl (C=O) groups is 1. The molecule has 0 radical (unpaired) electrons. The van der Waals surface area contributed by atoms with Gasteiger partial charge in [0.05, 0.1) is 6.04 Å². The second-order valence-electron chi connectivity index (χ2n) is 6.73. The normalized spacial score (nSPS) is 11.0. The van der Waals surface area contributed by atoms with E-state index in [-0.39, 0.29) is 11.6 Å². The van der Waals surface area contributed by atoms with Crippen LogP contribution in [0.25, 0.3) is 0 Å². The zero-order valence-electron chi connectivity index (χ0n) is 16.4. The van der Waals surface area contributed by atoms with E-state index >= 15 is 0 Å². The van der Waals surface area contributed by atoms with E-state index in [1.165, 1.54) is 6.20 Å². The first-order chi connectivity index (χ1) is 14.7. The molecule has 0 aliphatic rings. The van der Waals surface area contributed by atoms with Gasteiger partial charge in [-0.25, -0.2) is 0 Å². The molecule has 3 aromatic carbocycles. The van der Waals surface area contributed by atoms with E-state index in [0.29, 0.717) is 11.6 Å². The fourth-order valence-electron chi connectivity index (χ4n) is 3.05. The SMILES string of the molecule is N#C/C(=C/NCCc1ccc(Cl)cc1)C(=O)NC(c1ccccc1)c1ccccc1. The summed E-state index contributed by atoms with van der Waals surface area (Å²) in [6.45, 7) is 0.598. The van der Waals surface area contributed by atoms with Crippen molar-refractivity contribution in [3.63, 3.8) is 0 Å². The maximum atomic E-state index is 12.8. The molecular weight excluding hydrogens is 394 g/mol. The predicted molar refractivity (Wildman–Crippen MR) is 120 cm³/mol. The van der Waals surface area contributed by atoms with Gasteiger partial charge < -0.3 is 10.6 Å². The highest BCUT2D eigenvalue weighted by molar-refractivity contribution is 6.30. The van der Waals surface area contributed by atoms with Crippen LogP contribution >= 0.6 is 11.6 Å². The Morgan fingerprint density at radius 3 is 2.03 bits per heavy atom. The first-order valence-corrected chi connectivity index (χ1v) is 10.0. The number of amides is 1. The molecule has 0 saturated carbocycles. The van der Waals surface area contributed by atoms with E-state index in [1.54, 1.807) is 0 Å². The fraction of sp³-hybridized carbons (Fsp3) is 0.120. The lowest BCUT2D eigenvalue weighted by Crippen LogP contribution is -2.31. The van der Waals surface area contributed by atoms with Crippen LogP contribution in [0.3, 0.4) is 0 Å². The van der Waals surface area contributed by atoms with E-state index in [0.717, 1.165) is 23.1 Å². The van der Waals surface area contributed by atoms with Crippen LogP contribution in [0, 0.1) is 11.3 Å². The number of carbonyl (C=O) groups excluding carboxylic acids is 1. The van der Waals surface area contributed by atoms with Gasteiger partial charge >= 0.3 is 0 Å². The molecule has 2 N–H and O–H groups in total. The summed E-state index contributed by atoms with van der Waals surface area (Å²) in [5.41, 5.74) is 3.05. The summed E-state index contributed by atoms with van der Waals surface area (Å²) >= 11 is 5.89. The lowest BCUT2D eigenvalue weighted by Gasteiger charge is -2.19. The van der Waals surface area contributed by atoms with Crippen molar-refractivity contribution in [2.24, 2.45) is 0 Å². The van der Waals surface area contributed by atoms with Crippen molar-refractivity contribution in [2.75, 3.05) is 6.54 Å². The molecular formula is C25H22ClN3O.